The summed E-state index contributed by atoms with van der Waals surface area (Å²) in [6.07, 6.45) is 0. The van der Waals surface area contributed by atoms with E-state index < -0.39 is 0 Å². The second-order valence-electron chi connectivity index (χ2n) is 15.1. The van der Waals surface area contributed by atoms with Crippen LogP contribution in [0, 0.1) is 0 Å². The van der Waals surface area contributed by atoms with Crippen molar-refractivity contribution in [1.82, 2.24) is 0 Å². The Kier molecular flexibility index (Phi) is 10.5. The van der Waals surface area contributed by atoms with Gasteiger partial charge in [0.05, 0.1) is 5.69 Å². The first kappa shape index (κ1) is 37.8. The van der Waals surface area contributed by atoms with Crippen LogP contribution < -0.4 is 10.2 Å². The molecular formula is C58H41BrN2. The molecule has 290 valence electrons. The van der Waals surface area contributed by atoms with E-state index >= 15 is 0 Å². The van der Waals surface area contributed by atoms with E-state index in [1.54, 1.807) is 0 Å². The van der Waals surface area contributed by atoms with Crippen molar-refractivity contribution in [3.05, 3.63) is 247 Å². The lowest BCUT2D eigenvalue weighted by Crippen LogP contribution is -2.10. The zero-order valence-corrected chi connectivity index (χ0v) is 35.0. The van der Waals surface area contributed by atoms with Gasteiger partial charge in [0.15, 0.2) is 0 Å². The molecular weight excluding hydrogens is 805 g/mol. The molecule has 11 aromatic rings. The summed E-state index contributed by atoms with van der Waals surface area (Å²) < 4.78 is 1.07. The van der Waals surface area contributed by atoms with Crippen molar-refractivity contribution in [2.75, 3.05) is 10.2 Å². The van der Waals surface area contributed by atoms with Gasteiger partial charge in [0.2, 0.25) is 0 Å². The molecule has 0 heterocycles. The summed E-state index contributed by atoms with van der Waals surface area (Å²) in [5.74, 6) is 0. The highest BCUT2D eigenvalue weighted by molar-refractivity contribution is 9.10. The van der Waals surface area contributed by atoms with Crippen LogP contribution in [0.25, 0.3) is 65.3 Å². The lowest BCUT2D eigenvalue weighted by molar-refractivity contribution is 1.29. The highest BCUT2D eigenvalue weighted by atomic mass is 79.9. The highest BCUT2D eigenvalue weighted by Crippen LogP contribution is 2.40. The Balaban J connectivity index is 0.000000150. The second kappa shape index (κ2) is 17.0. The molecule has 11 aromatic carbocycles. The average molecular weight is 846 g/mol. The van der Waals surface area contributed by atoms with Gasteiger partial charge in [-0.05, 0) is 115 Å². The Labute approximate surface area is 365 Å². The second-order valence-corrected chi connectivity index (χ2v) is 16.1. The maximum absolute atomic E-state index is 3.58. The largest absolute Gasteiger partial charge is 0.355 e. The van der Waals surface area contributed by atoms with Crippen LogP contribution in [0.2, 0.25) is 0 Å². The molecule has 61 heavy (non-hydrogen) atoms. The minimum Gasteiger partial charge on any atom is -0.355 e. The highest BCUT2D eigenvalue weighted by Gasteiger charge is 2.16. The zero-order chi connectivity index (χ0) is 41.0. The summed E-state index contributed by atoms with van der Waals surface area (Å²) in [4.78, 5) is 2.33. The van der Waals surface area contributed by atoms with Gasteiger partial charge in [-0.1, -0.05) is 198 Å². The minimum atomic E-state index is 1.07. The SMILES string of the molecule is Brc1ccc(N(c2ccc(-c3cccc4ccccc34)cc2)c2cccc3ccccc23)cc1.c1ccc2c(Nc3ccc(-c4cccc5ccccc45)cc3)cccc2c1. The van der Waals surface area contributed by atoms with Gasteiger partial charge in [0.25, 0.3) is 0 Å². The Hall–Kier alpha value is -7.46. The molecule has 3 heteroatoms. The lowest BCUT2D eigenvalue weighted by Gasteiger charge is -2.27. The van der Waals surface area contributed by atoms with Gasteiger partial charge in [-0.25, -0.2) is 0 Å². The molecule has 0 unspecified atom stereocenters. The molecule has 0 amide bonds. The van der Waals surface area contributed by atoms with Crippen molar-refractivity contribution in [2.24, 2.45) is 0 Å². The molecule has 1 N–H and O–H groups in total. The van der Waals surface area contributed by atoms with E-state index in [0.717, 1.165) is 27.2 Å². The van der Waals surface area contributed by atoms with Gasteiger partial charge < -0.3 is 10.2 Å². The Morgan fingerprint density at radius 1 is 0.311 bits per heavy atom. The van der Waals surface area contributed by atoms with E-state index in [-0.39, 0.29) is 0 Å². The van der Waals surface area contributed by atoms with Crippen LogP contribution in [0.15, 0.2) is 247 Å². The molecule has 2 nitrogen and oxygen atoms in total. The van der Waals surface area contributed by atoms with E-state index in [2.05, 4.69) is 269 Å². The van der Waals surface area contributed by atoms with Gasteiger partial charge in [0.1, 0.15) is 0 Å². The minimum absolute atomic E-state index is 1.07. The average Bonchev–Trinajstić information content (AvgIpc) is 3.33. The summed E-state index contributed by atoms with van der Waals surface area (Å²) in [6, 6.07) is 86.1. The van der Waals surface area contributed by atoms with Crippen LogP contribution in [-0.2, 0) is 0 Å². The number of anilines is 5. The fourth-order valence-electron chi connectivity index (χ4n) is 8.39. The number of halogens is 1. The first-order valence-corrected chi connectivity index (χ1v) is 21.4. The van der Waals surface area contributed by atoms with Crippen molar-refractivity contribution in [3.63, 3.8) is 0 Å². The molecule has 0 aliphatic carbocycles. The van der Waals surface area contributed by atoms with E-state index in [0.29, 0.717) is 0 Å². The number of hydrogen-bond acceptors (Lipinski definition) is 2. The molecule has 0 aromatic heterocycles. The quantitative estimate of drug-likeness (QED) is 0.172. The number of hydrogen-bond donors (Lipinski definition) is 1. The van der Waals surface area contributed by atoms with Gasteiger partial charge in [-0.3, -0.25) is 0 Å². The molecule has 0 aliphatic heterocycles. The van der Waals surface area contributed by atoms with Crippen molar-refractivity contribution in [2.45, 2.75) is 0 Å². The van der Waals surface area contributed by atoms with E-state index in [1.807, 2.05) is 0 Å². The maximum atomic E-state index is 3.58. The Morgan fingerprint density at radius 2 is 0.705 bits per heavy atom. The van der Waals surface area contributed by atoms with Gasteiger partial charge >= 0.3 is 0 Å². The molecule has 11 rings (SSSR count). The van der Waals surface area contributed by atoms with Crippen LogP contribution in [0.5, 0.6) is 0 Å². The number of benzene rings is 11. The van der Waals surface area contributed by atoms with Crippen LogP contribution in [-0.4, -0.2) is 0 Å². The molecule has 0 fully saturated rings. The number of fused-ring (bicyclic) bond motifs is 4. The van der Waals surface area contributed by atoms with Crippen molar-refractivity contribution >= 4 is 87.5 Å². The van der Waals surface area contributed by atoms with Crippen LogP contribution in [0.1, 0.15) is 0 Å². The fourth-order valence-corrected chi connectivity index (χ4v) is 8.65. The molecule has 0 bridgehead atoms. The van der Waals surface area contributed by atoms with Crippen LogP contribution in [0.3, 0.4) is 0 Å². The summed E-state index contributed by atoms with van der Waals surface area (Å²) >= 11 is 3.58. The standard InChI is InChI=1S/C32H22BrN.C26H19N/c33-26-17-21-28(22-18-26)34(32-14-6-10-24-8-2-4-12-31(24)32)27-19-15-25(16-20-27)30-13-5-9-23-7-1-3-11-29(23)30;1-3-11-23-19(7-1)9-5-13-24(23)21-15-17-22(18-16-21)27-26-14-6-10-20-8-2-4-12-25(20)26/h1-22H;1-18,27H. The molecule has 0 saturated heterocycles. The first-order chi connectivity index (χ1) is 30.2. The third kappa shape index (κ3) is 7.88. The topological polar surface area (TPSA) is 15.3 Å². The van der Waals surface area contributed by atoms with Gasteiger partial charge in [-0.2, -0.15) is 0 Å². The fraction of sp³-hybridized carbons (Fsp3) is 0. The molecule has 0 atom stereocenters. The molecule has 0 spiro atoms. The smallest absolute Gasteiger partial charge is 0.0540 e. The van der Waals surface area contributed by atoms with Gasteiger partial charge in [-0.15, -0.1) is 0 Å². The number of rotatable bonds is 7. The summed E-state index contributed by atoms with van der Waals surface area (Å²) in [6.45, 7) is 0. The molecule has 0 saturated carbocycles. The van der Waals surface area contributed by atoms with Crippen molar-refractivity contribution < 1.29 is 0 Å². The third-order valence-electron chi connectivity index (χ3n) is 11.4. The normalized spacial score (nSPS) is 11.0. The predicted molar refractivity (Wildman–Crippen MR) is 266 cm³/mol. The van der Waals surface area contributed by atoms with E-state index in [4.69, 9.17) is 0 Å². The van der Waals surface area contributed by atoms with Gasteiger partial charge in [0, 0.05) is 38.0 Å². The number of nitrogens with one attached hydrogen (secondary N) is 1. The Bertz CT molecular complexity index is 3260. The monoisotopic (exact) mass is 844 g/mol. The van der Waals surface area contributed by atoms with E-state index in [9.17, 15) is 0 Å². The van der Waals surface area contributed by atoms with Crippen LogP contribution >= 0.6 is 15.9 Å². The summed E-state index contributed by atoms with van der Waals surface area (Å²) in [5.41, 5.74) is 10.6. The first-order valence-electron chi connectivity index (χ1n) is 20.6. The summed E-state index contributed by atoms with van der Waals surface area (Å²) in [5, 5.41) is 13.6. The summed E-state index contributed by atoms with van der Waals surface area (Å²) in [7, 11) is 0. The third-order valence-corrected chi connectivity index (χ3v) is 11.9. The molecule has 0 radical (unpaired) electrons. The number of nitrogens with zero attached hydrogens (tertiary/aromatic N) is 1. The van der Waals surface area contributed by atoms with E-state index in [1.165, 1.54) is 71.0 Å². The van der Waals surface area contributed by atoms with Crippen molar-refractivity contribution in [3.8, 4) is 22.3 Å². The zero-order valence-electron chi connectivity index (χ0n) is 33.4. The lowest BCUT2D eigenvalue weighted by atomic mass is 9.98. The van der Waals surface area contributed by atoms with Crippen molar-refractivity contribution in [1.29, 1.82) is 0 Å². The Morgan fingerprint density at radius 3 is 1.26 bits per heavy atom. The predicted octanol–water partition coefficient (Wildman–Crippen LogP) is 17.3. The molecule has 0 aliphatic rings. The van der Waals surface area contributed by atoms with Crippen LogP contribution in [0.4, 0.5) is 28.4 Å². The maximum Gasteiger partial charge on any atom is 0.0540 e.